The van der Waals surface area contributed by atoms with Gasteiger partial charge in [-0.2, -0.15) is 0 Å². The number of hydrogen-bond donors (Lipinski definition) is 1. The Kier molecular flexibility index (Phi) is 3.59. The van der Waals surface area contributed by atoms with Crippen LogP contribution in [0.3, 0.4) is 0 Å². The van der Waals surface area contributed by atoms with Crippen molar-refractivity contribution in [3.05, 3.63) is 35.9 Å². The summed E-state index contributed by atoms with van der Waals surface area (Å²) in [5.74, 6) is 1.28. The van der Waals surface area contributed by atoms with Crippen molar-refractivity contribution in [3.63, 3.8) is 0 Å². The van der Waals surface area contributed by atoms with Gasteiger partial charge in [-0.3, -0.25) is 4.79 Å². The topological polar surface area (TPSA) is 43.1 Å². The monoisotopic (exact) mass is 285 g/mol. The molecule has 21 heavy (non-hydrogen) atoms. The van der Waals surface area contributed by atoms with Crippen LogP contribution in [-0.4, -0.2) is 5.91 Å². The van der Waals surface area contributed by atoms with Crippen molar-refractivity contribution in [3.8, 4) is 0 Å². The molecule has 0 saturated heterocycles. The van der Waals surface area contributed by atoms with Crippen LogP contribution in [0.5, 0.6) is 0 Å². The maximum Gasteiger partial charge on any atom is 0.223 e. The van der Waals surface area contributed by atoms with Crippen molar-refractivity contribution in [2.75, 3.05) is 0 Å². The average molecular weight is 285 g/mol. The van der Waals surface area contributed by atoms with Crippen LogP contribution in [0, 0.1) is 17.3 Å². The zero-order valence-corrected chi connectivity index (χ0v) is 13.3. The maximum atomic E-state index is 12.3. The van der Waals surface area contributed by atoms with Crippen LogP contribution < -0.4 is 5.73 Å². The number of fused-ring (bicyclic) bond motifs is 2. The zero-order chi connectivity index (χ0) is 15.1. The summed E-state index contributed by atoms with van der Waals surface area (Å²) in [5.41, 5.74) is 7.16. The van der Waals surface area contributed by atoms with Gasteiger partial charge in [-0.05, 0) is 54.9 Å². The highest BCUT2D eigenvalue weighted by atomic mass is 16.1. The van der Waals surface area contributed by atoms with Gasteiger partial charge >= 0.3 is 0 Å². The van der Waals surface area contributed by atoms with Crippen LogP contribution in [0.2, 0.25) is 0 Å². The van der Waals surface area contributed by atoms with Crippen molar-refractivity contribution in [1.29, 1.82) is 0 Å². The molecule has 0 aliphatic heterocycles. The van der Waals surface area contributed by atoms with E-state index in [1.807, 2.05) is 0 Å². The van der Waals surface area contributed by atoms with Crippen molar-refractivity contribution >= 4 is 5.91 Å². The third kappa shape index (κ3) is 2.20. The first-order chi connectivity index (χ1) is 10.1. The van der Waals surface area contributed by atoms with Gasteiger partial charge < -0.3 is 5.73 Å². The van der Waals surface area contributed by atoms with E-state index in [-0.39, 0.29) is 16.7 Å². The van der Waals surface area contributed by atoms with Gasteiger partial charge in [0, 0.05) is 0 Å². The van der Waals surface area contributed by atoms with E-state index in [1.165, 1.54) is 18.4 Å². The van der Waals surface area contributed by atoms with Crippen molar-refractivity contribution in [2.45, 2.75) is 57.8 Å². The number of carbonyl (C=O) groups excluding carboxylic acids is 1. The van der Waals surface area contributed by atoms with Gasteiger partial charge in [0.2, 0.25) is 5.91 Å². The minimum absolute atomic E-state index is 0.0584. The standard InChI is InChI=1S/C19H27NO/c1-3-14-10-19(17(20)21)12-15(14)11-18(4-2,13-19)16-8-6-5-7-9-16/h5-9,14-15H,3-4,10-13H2,1-2H3,(H2,20,21). The van der Waals surface area contributed by atoms with Gasteiger partial charge in [-0.25, -0.2) is 0 Å². The Morgan fingerprint density at radius 2 is 1.90 bits per heavy atom. The lowest BCUT2D eigenvalue weighted by Crippen LogP contribution is -2.45. The molecule has 2 N–H and O–H groups in total. The molecule has 4 unspecified atom stereocenters. The molecule has 0 radical (unpaired) electrons. The number of primary amides is 1. The van der Waals surface area contributed by atoms with Gasteiger partial charge in [0.1, 0.15) is 0 Å². The van der Waals surface area contributed by atoms with E-state index in [2.05, 4.69) is 44.2 Å². The van der Waals surface area contributed by atoms with E-state index < -0.39 is 0 Å². The maximum absolute atomic E-state index is 12.3. The Bertz CT molecular complexity index is 526. The largest absolute Gasteiger partial charge is 0.369 e. The molecule has 0 aromatic heterocycles. The quantitative estimate of drug-likeness (QED) is 0.891. The number of rotatable bonds is 4. The lowest BCUT2D eigenvalue weighted by atomic mass is 9.58. The molecule has 4 atom stereocenters. The van der Waals surface area contributed by atoms with E-state index in [0.717, 1.165) is 25.7 Å². The molecule has 2 nitrogen and oxygen atoms in total. The lowest BCUT2D eigenvalue weighted by molar-refractivity contribution is -0.130. The Morgan fingerprint density at radius 1 is 1.19 bits per heavy atom. The second-order valence-electron chi connectivity index (χ2n) is 7.36. The molecule has 2 aliphatic carbocycles. The first kappa shape index (κ1) is 14.6. The molecule has 2 heteroatoms. The first-order valence-corrected chi connectivity index (χ1v) is 8.41. The first-order valence-electron chi connectivity index (χ1n) is 8.41. The normalized spacial score (nSPS) is 38.4. The van der Waals surface area contributed by atoms with Gasteiger partial charge in [-0.15, -0.1) is 0 Å². The molecule has 3 rings (SSSR count). The van der Waals surface area contributed by atoms with E-state index in [0.29, 0.717) is 11.8 Å². The van der Waals surface area contributed by atoms with Crippen LogP contribution in [-0.2, 0) is 10.2 Å². The SMILES string of the molecule is CCC1CC2(C(N)=O)CC1CC(CC)(c1ccccc1)C2. The number of hydrogen-bond acceptors (Lipinski definition) is 1. The summed E-state index contributed by atoms with van der Waals surface area (Å²) < 4.78 is 0. The van der Waals surface area contributed by atoms with Crippen molar-refractivity contribution in [1.82, 2.24) is 0 Å². The average Bonchev–Trinajstić information content (AvgIpc) is 2.80. The molecule has 1 aromatic carbocycles. The van der Waals surface area contributed by atoms with E-state index in [9.17, 15) is 4.79 Å². The molecule has 114 valence electrons. The predicted octanol–water partition coefficient (Wildman–Crippen LogP) is 4.04. The lowest BCUT2D eigenvalue weighted by Gasteiger charge is -2.45. The van der Waals surface area contributed by atoms with E-state index >= 15 is 0 Å². The van der Waals surface area contributed by atoms with Crippen molar-refractivity contribution < 1.29 is 4.79 Å². The van der Waals surface area contributed by atoms with Gasteiger partial charge in [0.05, 0.1) is 5.41 Å². The molecular weight excluding hydrogens is 258 g/mol. The van der Waals surface area contributed by atoms with Crippen LogP contribution in [0.4, 0.5) is 0 Å². The van der Waals surface area contributed by atoms with Crippen LogP contribution >= 0.6 is 0 Å². The zero-order valence-electron chi connectivity index (χ0n) is 13.3. The Hall–Kier alpha value is -1.31. The highest BCUT2D eigenvalue weighted by Crippen LogP contribution is 2.62. The van der Waals surface area contributed by atoms with Gasteiger partial charge in [0.15, 0.2) is 0 Å². The fourth-order valence-corrected chi connectivity index (χ4v) is 5.28. The molecule has 2 saturated carbocycles. The Balaban J connectivity index is 2.03. The number of carbonyl (C=O) groups is 1. The second-order valence-corrected chi connectivity index (χ2v) is 7.36. The molecular formula is C19H27NO. The minimum atomic E-state index is -0.255. The Labute approximate surface area is 128 Å². The summed E-state index contributed by atoms with van der Waals surface area (Å²) >= 11 is 0. The summed E-state index contributed by atoms with van der Waals surface area (Å²) in [7, 11) is 0. The number of benzene rings is 1. The summed E-state index contributed by atoms with van der Waals surface area (Å²) in [5, 5.41) is 0. The fraction of sp³-hybridized carbons (Fsp3) is 0.632. The van der Waals surface area contributed by atoms with Crippen LogP contribution in [0.15, 0.2) is 30.3 Å². The fourth-order valence-electron chi connectivity index (χ4n) is 5.28. The van der Waals surface area contributed by atoms with Crippen LogP contribution in [0.1, 0.15) is 57.9 Å². The molecule has 2 fully saturated rings. The molecule has 0 heterocycles. The smallest absolute Gasteiger partial charge is 0.223 e. The minimum Gasteiger partial charge on any atom is -0.369 e. The predicted molar refractivity (Wildman–Crippen MR) is 85.8 cm³/mol. The highest BCUT2D eigenvalue weighted by molar-refractivity contribution is 5.81. The highest BCUT2D eigenvalue weighted by Gasteiger charge is 2.57. The summed E-state index contributed by atoms with van der Waals surface area (Å²) in [6.45, 7) is 4.53. The molecule has 1 aromatic rings. The molecule has 1 amide bonds. The van der Waals surface area contributed by atoms with E-state index in [4.69, 9.17) is 5.73 Å². The molecule has 2 bridgehead atoms. The summed E-state index contributed by atoms with van der Waals surface area (Å²) in [4.78, 5) is 12.3. The molecule has 0 spiro atoms. The second kappa shape index (κ2) is 5.15. The van der Waals surface area contributed by atoms with Crippen LogP contribution in [0.25, 0.3) is 0 Å². The Morgan fingerprint density at radius 3 is 2.48 bits per heavy atom. The van der Waals surface area contributed by atoms with Crippen molar-refractivity contribution in [2.24, 2.45) is 23.0 Å². The summed E-state index contributed by atoms with van der Waals surface area (Å²) in [6.07, 6.45) is 6.48. The third-order valence-electron chi connectivity index (χ3n) is 6.41. The number of nitrogens with two attached hydrogens (primary N) is 1. The summed E-state index contributed by atoms with van der Waals surface area (Å²) in [6, 6.07) is 10.8. The third-order valence-corrected chi connectivity index (χ3v) is 6.41. The van der Waals surface area contributed by atoms with Gasteiger partial charge in [0.25, 0.3) is 0 Å². The van der Waals surface area contributed by atoms with Gasteiger partial charge in [-0.1, -0.05) is 50.6 Å². The van der Waals surface area contributed by atoms with E-state index in [1.54, 1.807) is 0 Å². The molecule has 2 aliphatic rings. The number of amides is 1.